The van der Waals surface area contributed by atoms with E-state index in [0.717, 1.165) is 12.6 Å². The molecule has 0 saturated carbocycles. The molecule has 0 unspecified atom stereocenters. The van der Waals surface area contributed by atoms with E-state index in [-0.39, 0.29) is 0 Å². The largest absolute Gasteiger partial charge is 0.298 e. The fourth-order valence-corrected chi connectivity index (χ4v) is 7.47. The average Bonchev–Trinajstić information content (AvgIpc) is 2.92. The second-order valence-electron chi connectivity index (χ2n) is 11.2. The summed E-state index contributed by atoms with van der Waals surface area (Å²) >= 11 is 0. The van der Waals surface area contributed by atoms with Crippen LogP contribution >= 0.6 is 0 Å². The van der Waals surface area contributed by atoms with Crippen molar-refractivity contribution in [3.8, 4) is 22.9 Å². The number of unbranched alkanes of at least 4 members (excludes halogenated alkanes) is 9. The number of aldehydes is 2. The Morgan fingerprint density at radius 3 is 1.13 bits per heavy atom. The summed E-state index contributed by atoms with van der Waals surface area (Å²) in [4.78, 5) is 37.9. The highest BCUT2D eigenvalue weighted by molar-refractivity contribution is 6.85. The average molecular weight is 547 g/mol. The van der Waals surface area contributed by atoms with Crippen LogP contribution in [0.2, 0.25) is 38.3 Å². The van der Waals surface area contributed by atoms with Crippen molar-refractivity contribution in [1.29, 1.82) is 0 Å². The molecule has 6 nitrogen and oxygen atoms in total. The van der Waals surface area contributed by atoms with E-state index in [4.69, 9.17) is 0 Å². The molecule has 0 atom stereocenters. The Balaban J connectivity index is 1.48. The van der Waals surface area contributed by atoms with Gasteiger partial charge in [0, 0.05) is 24.8 Å². The van der Waals surface area contributed by atoms with Crippen LogP contribution in [-0.2, 0) is 0 Å². The fraction of sp³-hybridized carbons (Fsp3) is 0.533. The van der Waals surface area contributed by atoms with Gasteiger partial charge in [0.25, 0.3) is 0 Å². The first-order chi connectivity index (χ1) is 18.2. The van der Waals surface area contributed by atoms with Crippen LogP contribution in [0, 0.1) is 22.9 Å². The van der Waals surface area contributed by atoms with Gasteiger partial charge in [-0.1, -0.05) is 90.4 Å². The highest BCUT2D eigenvalue weighted by Crippen LogP contribution is 2.18. The Morgan fingerprint density at radius 2 is 0.842 bits per heavy atom. The molecule has 0 amide bonds. The van der Waals surface area contributed by atoms with Crippen LogP contribution in [0.3, 0.4) is 0 Å². The minimum absolute atomic E-state index is 0.479. The zero-order valence-electron chi connectivity index (χ0n) is 23.6. The molecular weight excluding hydrogens is 505 g/mol. The molecule has 38 heavy (non-hydrogen) atoms. The van der Waals surface area contributed by atoms with Gasteiger partial charge in [-0.3, -0.25) is 9.59 Å². The minimum Gasteiger partial charge on any atom is -0.298 e. The van der Waals surface area contributed by atoms with Crippen LogP contribution in [0.25, 0.3) is 0 Å². The van der Waals surface area contributed by atoms with Gasteiger partial charge in [-0.2, -0.15) is 0 Å². The molecule has 0 fully saturated rings. The van der Waals surface area contributed by atoms with Crippen LogP contribution in [0.1, 0.15) is 96.6 Å². The van der Waals surface area contributed by atoms with Crippen LogP contribution in [-0.4, -0.2) is 48.7 Å². The van der Waals surface area contributed by atoms with Gasteiger partial charge in [-0.05, 0) is 23.9 Å². The molecule has 0 aliphatic carbocycles. The molecule has 2 rings (SSSR count). The third-order valence-electron chi connectivity index (χ3n) is 6.49. The van der Waals surface area contributed by atoms with Gasteiger partial charge < -0.3 is 0 Å². The maximum absolute atomic E-state index is 10.7. The van der Waals surface area contributed by atoms with E-state index in [1.54, 1.807) is 0 Å². The lowest BCUT2D eigenvalue weighted by molar-refractivity contribution is 0.111. The van der Waals surface area contributed by atoms with E-state index in [0.29, 0.717) is 22.8 Å². The van der Waals surface area contributed by atoms with Gasteiger partial charge in [0.15, 0.2) is 12.6 Å². The van der Waals surface area contributed by atoms with Crippen molar-refractivity contribution in [2.45, 2.75) is 102 Å². The van der Waals surface area contributed by atoms with Crippen molar-refractivity contribution in [3.63, 3.8) is 0 Å². The van der Waals surface area contributed by atoms with Crippen LogP contribution in [0.4, 0.5) is 0 Å². The molecule has 0 saturated heterocycles. The third kappa shape index (κ3) is 13.6. The molecule has 8 heteroatoms. The highest BCUT2D eigenvalue weighted by atomic mass is 28.3. The van der Waals surface area contributed by atoms with Crippen molar-refractivity contribution < 1.29 is 9.59 Å². The van der Waals surface area contributed by atoms with Crippen molar-refractivity contribution >= 4 is 28.7 Å². The Labute approximate surface area is 230 Å². The maximum Gasteiger partial charge on any atom is 0.204 e. The summed E-state index contributed by atoms with van der Waals surface area (Å²) in [6, 6.07) is 2.41. The number of aromatic nitrogens is 4. The van der Waals surface area contributed by atoms with Gasteiger partial charge >= 0.3 is 0 Å². The molecule has 0 spiro atoms. The Bertz CT molecular complexity index is 1030. The first kappa shape index (κ1) is 31.3. The molecule has 202 valence electrons. The van der Waals surface area contributed by atoms with E-state index < -0.39 is 16.1 Å². The van der Waals surface area contributed by atoms with Gasteiger partial charge in [-0.15, -0.1) is 11.1 Å². The molecule has 0 aliphatic rings. The van der Waals surface area contributed by atoms with Crippen molar-refractivity contribution in [3.05, 3.63) is 47.6 Å². The van der Waals surface area contributed by atoms with E-state index in [9.17, 15) is 9.59 Å². The summed E-state index contributed by atoms with van der Waals surface area (Å²) < 4.78 is 0. The summed E-state index contributed by atoms with van der Waals surface area (Å²) in [5, 5.41) is 0. The van der Waals surface area contributed by atoms with Gasteiger partial charge in [-0.25, -0.2) is 19.9 Å². The molecule has 0 bridgehead atoms. The van der Waals surface area contributed by atoms with E-state index in [1.807, 2.05) is 0 Å². The molecular formula is C30H42N4O2Si2. The normalized spacial score (nSPS) is 11.2. The van der Waals surface area contributed by atoms with Crippen molar-refractivity contribution in [2.24, 2.45) is 0 Å². The Hall–Kier alpha value is -2.95. The number of rotatable bonds is 15. The number of carbonyl (C=O) groups is 2. The summed E-state index contributed by atoms with van der Waals surface area (Å²) in [6.45, 7) is 9.22. The van der Waals surface area contributed by atoms with Gasteiger partial charge in [0.1, 0.15) is 16.1 Å². The third-order valence-corrected chi connectivity index (χ3v) is 11.3. The molecule has 2 aromatic rings. The summed E-state index contributed by atoms with van der Waals surface area (Å²) in [5.41, 5.74) is 7.82. The molecule has 2 heterocycles. The predicted molar refractivity (Wildman–Crippen MR) is 159 cm³/mol. The van der Waals surface area contributed by atoms with Crippen molar-refractivity contribution in [2.75, 3.05) is 0 Å². The minimum atomic E-state index is -1.58. The van der Waals surface area contributed by atoms with E-state index in [1.165, 1.54) is 101 Å². The lowest BCUT2D eigenvalue weighted by Crippen LogP contribution is -2.22. The lowest BCUT2D eigenvalue weighted by Gasteiger charge is -2.14. The topological polar surface area (TPSA) is 85.7 Å². The number of hydrogen-bond donors (Lipinski definition) is 0. The number of nitrogens with zero attached hydrogens (tertiary/aromatic N) is 4. The quantitative estimate of drug-likeness (QED) is 0.107. The van der Waals surface area contributed by atoms with Crippen LogP contribution in [0.15, 0.2) is 24.8 Å². The molecule has 0 aromatic carbocycles. The first-order valence-corrected chi connectivity index (χ1v) is 20.3. The zero-order valence-corrected chi connectivity index (χ0v) is 25.6. The smallest absolute Gasteiger partial charge is 0.204 e. The number of hydrogen-bond acceptors (Lipinski definition) is 6. The summed E-state index contributed by atoms with van der Waals surface area (Å²) in [5.74, 6) is 7.22. The van der Waals surface area contributed by atoms with Crippen molar-refractivity contribution in [1.82, 2.24) is 19.9 Å². The zero-order chi connectivity index (χ0) is 27.7. The van der Waals surface area contributed by atoms with E-state index >= 15 is 0 Å². The summed E-state index contributed by atoms with van der Waals surface area (Å²) in [6.07, 6.45) is 20.6. The van der Waals surface area contributed by atoms with Crippen LogP contribution in [0.5, 0.6) is 0 Å². The molecule has 0 aliphatic heterocycles. The number of carbonyl (C=O) groups excluding carboxylic acids is 2. The Morgan fingerprint density at radius 1 is 0.553 bits per heavy atom. The predicted octanol–water partition coefficient (Wildman–Crippen LogP) is 6.69. The second-order valence-corrected chi connectivity index (χ2v) is 20.3. The van der Waals surface area contributed by atoms with E-state index in [2.05, 4.69) is 69.1 Å². The lowest BCUT2D eigenvalue weighted by atomic mass is 10.1. The standard InChI is InChI=1S/C30H42N4O2Si2/c1-37(2,19-15-29-31-21-27(25-35)22-32-29)17-13-11-9-7-5-6-8-10-12-14-18-38(3,4)20-16-30-33-23-28(26-36)24-34-30/h21-26H,5-14,17-18H2,1-4H3. The molecule has 0 radical (unpaired) electrons. The molecule has 0 N–H and O–H groups in total. The maximum atomic E-state index is 10.7. The SMILES string of the molecule is C[Si](C)(C#Cc1ncc(C=O)cn1)CCCCCCCCCCCC[Si](C)(C)C#Cc1ncc(C=O)cn1. The molecule has 2 aromatic heterocycles. The van der Waals surface area contributed by atoms with Gasteiger partial charge in [0.05, 0.1) is 11.1 Å². The fourth-order valence-electron chi connectivity index (χ4n) is 4.05. The monoisotopic (exact) mass is 546 g/mol. The van der Waals surface area contributed by atoms with Crippen LogP contribution < -0.4 is 0 Å². The van der Waals surface area contributed by atoms with Gasteiger partial charge in [0.2, 0.25) is 11.6 Å². The Kier molecular flexibility index (Phi) is 13.8. The first-order valence-electron chi connectivity index (χ1n) is 13.8. The highest BCUT2D eigenvalue weighted by Gasteiger charge is 2.18. The second kappa shape index (κ2) is 16.8. The summed E-state index contributed by atoms with van der Waals surface area (Å²) in [7, 11) is -3.15.